The molecule has 0 saturated heterocycles. The molecule has 21 heavy (non-hydrogen) atoms. The van der Waals surface area contributed by atoms with Crippen LogP contribution in [0.1, 0.15) is 15.9 Å². The molecule has 0 unspecified atom stereocenters. The molecule has 3 aromatic rings. The minimum atomic E-state index is -0.353. The van der Waals surface area contributed by atoms with Crippen LogP contribution in [-0.2, 0) is 6.54 Å². The van der Waals surface area contributed by atoms with Crippen molar-refractivity contribution in [1.82, 2.24) is 4.57 Å². The Morgan fingerprint density at radius 2 is 2.10 bits per heavy atom. The Bertz CT molecular complexity index is 823. The molecule has 0 saturated carbocycles. The first-order valence-corrected chi connectivity index (χ1v) is 7.43. The summed E-state index contributed by atoms with van der Waals surface area (Å²) in [5, 5.41) is 1.20. The zero-order chi connectivity index (χ0) is 15.0. The maximum Gasteiger partial charge on any atom is 0.152 e. The highest BCUT2D eigenvalue weighted by Crippen LogP contribution is 2.27. The van der Waals surface area contributed by atoms with Gasteiger partial charge in [0.2, 0.25) is 0 Å². The summed E-state index contributed by atoms with van der Waals surface area (Å²) in [6, 6.07) is 10.3. The lowest BCUT2D eigenvalue weighted by Gasteiger charge is -2.08. The molecule has 0 aliphatic heterocycles. The number of carbonyl (C=O) groups is 1. The lowest BCUT2D eigenvalue weighted by atomic mass is 10.2. The summed E-state index contributed by atoms with van der Waals surface area (Å²) in [4.78, 5) is 11.2. The normalized spacial score (nSPS) is 11.0. The van der Waals surface area contributed by atoms with Gasteiger partial charge in [0.1, 0.15) is 5.82 Å². The van der Waals surface area contributed by atoms with Crippen molar-refractivity contribution in [1.29, 1.82) is 0 Å². The molecule has 0 spiro atoms. The van der Waals surface area contributed by atoms with E-state index in [-0.39, 0.29) is 12.4 Å². The van der Waals surface area contributed by atoms with Gasteiger partial charge >= 0.3 is 0 Å². The Morgan fingerprint density at radius 3 is 2.81 bits per heavy atom. The van der Waals surface area contributed by atoms with E-state index in [1.54, 1.807) is 18.3 Å². The third-order valence-corrected chi connectivity index (χ3v) is 4.24. The number of fused-ring (bicyclic) bond motifs is 1. The van der Waals surface area contributed by atoms with E-state index in [2.05, 4.69) is 15.9 Å². The molecule has 0 radical (unpaired) electrons. The van der Waals surface area contributed by atoms with Gasteiger partial charge in [-0.15, -0.1) is 0 Å². The van der Waals surface area contributed by atoms with Crippen molar-refractivity contribution < 1.29 is 9.18 Å². The van der Waals surface area contributed by atoms with Gasteiger partial charge in [0.05, 0.1) is 6.54 Å². The number of carbonyl (C=O) groups excluding carboxylic acids is 1. The van der Waals surface area contributed by atoms with Crippen molar-refractivity contribution in [3.63, 3.8) is 0 Å². The van der Waals surface area contributed by atoms with Gasteiger partial charge in [-0.1, -0.05) is 33.6 Å². The summed E-state index contributed by atoms with van der Waals surface area (Å²) in [7, 11) is 0. The van der Waals surface area contributed by atoms with Crippen LogP contribution in [0.25, 0.3) is 10.9 Å². The molecule has 0 amide bonds. The summed E-state index contributed by atoms with van der Waals surface area (Å²) < 4.78 is 16.6. The standard InChI is InChI=1S/C16H10BrClFNO/c17-11-4-5-16-12(6-11)10(9-21)7-20(16)8-13-14(18)2-1-3-15(13)19/h1-7,9H,8H2. The van der Waals surface area contributed by atoms with Crippen molar-refractivity contribution in [2.24, 2.45) is 0 Å². The maximum absolute atomic E-state index is 13.9. The summed E-state index contributed by atoms with van der Waals surface area (Å²) in [6.07, 6.45) is 2.51. The lowest BCUT2D eigenvalue weighted by Crippen LogP contribution is -2.01. The van der Waals surface area contributed by atoms with E-state index >= 15 is 0 Å². The Labute approximate surface area is 134 Å². The predicted octanol–water partition coefficient (Wildman–Crippen LogP) is 5.06. The van der Waals surface area contributed by atoms with Gasteiger partial charge in [0.15, 0.2) is 6.29 Å². The Hall–Kier alpha value is -1.65. The number of hydrogen-bond donors (Lipinski definition) is 0. The highest BCUT2D eigenvalue weighted by molar-refractivity contribution is 9.10. The first kappa shape index (κ1) is 14.3. The van der Waals surface area contributed by atoms with E-state index in [0.717, 1.165) is 21.7 Å². The van der Waals surface area contributed by atoms with E-state index in [9.17, 15) is 9.18 Å². The van der Waals surface area contributed by atoms with Gasteiger partial charge in [0, 0.05) is 37.7 Å². The van der Waals surface area contributed by atoms with Crippen molar-refractivity contribution in [3.8, 4) is 0 Å². The molecular formula is C16H10BrClFNO. The van der Waals surface area contributed by atoms with Crippen LogP contribution >= 0.6 is 27.5 Å². The van der Waals surface area contributed by atoms with Crippen LogP contribution in [0.5, 0.6) is 0 Å². The third kappa shape index (κ3) is 2.61. The number of halogens is 3. The average molecular weight is 367 g/mol. The molecule has 106 valence electrons. The second-order valence-electron chi connectivity index (χ2n) is 4.69. The topological polar surface area (TPSA) is 22.0 Å². The fraction of sp³-hybridized carbons (Fsp3) is 0.0625. The molecular weight excluding hydrogens is 357 g/mol. The Balaban J connectivity index is 2.15. The van der Waals surface area contributed by atoms with Crippen LogP contribution in [0.2, 0.25) is 5.02 Å². The molecule has 2 nitrogen and oxygen atoms in total. The molecule has 1 aromatic heterocycles. The summed E-state index contributed by atoms with van der Waals surface area (Å²) in [6.45, 7) is 0.275. The molecule has 2 aromatic carbocycles. The minimum absolute atomic E-state index is 0.275. The van der Waals surface area contributed by atoms with Crippen LogP contribution in [0, 0.1) is 5.82 Å². The summed E-state index contributed by atoms with van der Waals surface area (Å²) >= 11 is 9.45. The predicted molar refractivity (Wildman–Crippen MR) is 85.5 cm³/mol. The number of hydrogen-bond acceptors (Lipinski definition) is 1. The molecule has 0 aliphatic rings. The molecule has 3 rings (SSSR count). The fourth-order valence-corrected chi connectivity index (χ4v) is 2.96. The van der Waals surface area contributed by atoms with Crippen molar-refractivity contribution in [2.75, 3.05) is 0 Å². The number of benzene rings is 2. The SMILES string of the molecule is O=Cc1cn(Cc2c(F)cccc2Cl)c2ccc(Br)cc12. The van der Waals surface area contributed by atoms with E-state index in [1.807, 2.05) is 22.8 Å². The van der Waals surface area contributed by atoms with Crippen molar-refractivity contribution >= 4 is 44.7 Å². The maximum atomic E-state index is 13.9. The van der Waals surface area contributed by atoms with Crippen molar-refractivity contribution in [3.05, 3.63) is 69.0 Å². The first-order valence-electron chi connectivity index (χ1n) is 6.26. The van der Waals surface area contributed by atoms with E-state index in [1.165, 1.54) is 6.07 Å². The van der Waals surface area contributed by atoms with Crippen LogP contribution in [-0.4, -0.2) is 10.9 Å². The zero-order valence-corrected chi connectivity index (χ0v) is 13.2. The highest BCUT2D eigenvalue weighted by atomic mass is 79.9. The molecule has 0 bridgehead atoms. The summed E-state index contributed by atoms with van der Waals surface area (Å²) in [5.41, 5.74) is 1.84. The van der Waals surface area contributed by atoms with E-state index < -0.39 is 0 Å². The molecule has 5 heteroatoms. The van der Waals surface area contributed by atoms with Gasteiger partial charge in [-0.25, -0.2) is 4.39 Å². The monoisotopic (exact) mass is 365 g/mol. The minimum Gasteiger partial charge on any atom is -0.342 e. The fourth-order valence-electron chi connectivity index (χ4n) is 2.38. The van der Waals surface area contributed by atoms with Crippen LogP contribution in [0.4, 0.5) is 4.39 Å². The zero-order valence-electron chi connectivity index (χ0n) is 10.8. The molecule has 0 atom stereocenters. The average Bonchev–Trinajstić information content (AvgIpc) is 2.80. The molecule has 1 heterocycles. The van der Waals surface area contributed by atoms with Crippen LogP contribution in [0.3, 0.4) is 0 Å². The molecule has 0 fully saturated rings. The van der Waals surface area contributed by atoms with E-state index in [0.29, 0.717) is 16.1 Å². The van der Waals surface area contributed by atoms with Gasteiger partial charge < -0.3 is 4.57 Å². The molecule has 0 aliphatic carbocycles. The Morgan fingerprint density at radius 1 is 1.29 bits per heavy atom. The van der Waals surface area contributed by atoms with Gasteiger partial charge in [0.25, 0.3) is 0 Å². The van der Waals surface area contributed by atoms with E-state index in [4.69, 9.17) is 11.6 Å². The van der Waals surface area contributed by atoms with Crippen LogP contribution in [0.15, 0.2) is 47.1 Å². The largest absolute Gasteiger partial charge is 0.342 e. The number of rotatable bonds is 3. The second kappa shape index (κ2) is 5.62. The third-order valence-electron chi connectivity index (χ3n) is 3.39. The Kier molecular flexibility index (Phi) is 3.83. The quantitative estimate of drug-likeness (QED) is 0.594. The van der Waals surface area contributed by atoms with Gasteiger partial charge in [-0.05, 0) is 30.3 Å². The van der Waals surface area contributed by atoms with Crippen LogP contribution < -0.4 is 0 Å². The lowest BCUT2D eigenvalue weighted by molar-refractivity contribution is 0.112. The second-order valence-corrected chi connectivity index (χ2v) is 6.01. The number of nitrogens with zero attached hydrogens (tertiary/aromatic N) is 1. The smallest absolute Gasteiger partial charge is 0.152 e. The molecule has 0 N–H and O–H groups in total. The highest BCUT2D eigenvalue weighted by Gasteiger charge is 2.12. The first-order chi connectivity index (χ1) is 10.1. The number of aromatic nitrogens is 1. The van der Waals surface area contributed by atoms with Gasteiger partial charge in [-0.2, -0.15) is 0 Å². The number of aldehydes is 1. The van der Waals surface area contributed by atoms with Crippen molar-refractivity contribution in [2.45, 2.75) is 6.54 Å². The summed E-state index contributed by atoms with van der Waals surface area (Å²) in [5.74, 6) is -0.353. The van der Waals surface area contributed by atoms with Gasteiger partial charge in [-0.3, -0.25) is 4.79 Å².